The van der Waals surface area contributed by atoms with E-state index in [4.69, 9.17) is 5.26 Å². The van der Waals surface area contributed by atoms with Crippen LogP contribution in [0.1, 0.15) is 44.0 Å². The minimum absolute atomic E-state index is 0.0379. The molecular weight excluding hydrogens is 514 g/mol. The molecule has 39 heavy (non-hydrogen) atoms. The summed E-state index contributed by atoms with van der Waals surface area (Å²) in [6.45, 7) is 6.64. The predicted octanol–water partition coefficient (Wildman–Crippen LogP) is 3.36. The van der Waals surface area contributed by atoms with Gasteiger partial charge in [0.25, 0.3) is 11.8 Å². The highest BCUT2D eigenvalue weighted by Gasteiger charge is 2.29. The van der Waals surface area contributed by atoms with Crippen molar-refractivity contribution in [2.24, 2.45) is 0 Å². The molecule has 9 nitrogen and oxygen atoms in total. The molecule has 0 atom stereocenters. The van der Waals surface area contributed by atoms with Crippen molar-refractivity contribution in [1.82, 2.24) is 14.8 Å². The number of nitrogens with zero attached hydrogens (tertiary/aromatic N) is 3. The van der Waals surface area contributed by atoms with E-state index in [1.807, 2.05) is 31.9 Å². The van der Waals surface area contributed by atoms with E-state index in [9.17, 15) is 18.0 Å². The topological polar surface area (TPSA) is 126 Å². The van der Waals surface area contributed by atoms with E-state index >= 15 is 0 Å². The van der Waals surface area contributed by atoms with Gasteiger partial charge in [-0.15, -0.1) is 0 Å². The van der Waals surface area contributed by atoms with Crippen molar-refractivity contribution in [3.63, 3.8) is 0 Å². The fraction of sp³-hybridized carbons (Fsp3) is 0.276. The molecule has 2 aromatic carbocycles. The Morgan fingerprint density at radius 1 is 1.10 bits per heavy atom. The smallest absolute Gasteiger partial charge is 0.256 e. The van der Waals surface area contributed by atoms with E-state index < -0.39 is 9.84 Å². The molecule has 0 aliphatic carbocycles. The first-order valence-corrected chi connectivity index (χ1v) is 14.3. The standard InChI is InChI=1S/C29H29N5O4S/c1-18-26(31-19(2)27(18)29(36)34-11-9-33(3)10-12-34)15-24-23-14-22(7-8-25(23)32-28(24)35)39(37,38)17-21-6-4-5-20(13-21)16-30/h4-8,13-15,31H,9-12,17H2,1-3H3,(H,32,35)/b24-15-. The number of rotatable bonds is 5. The largest absolute Gasteiger partial charge is 0.358 e. The van der Waals surface area contributed by atoms with Crippen molar-refractivity contribution >= 4 is 39.0 Å². The number of hydrogen-bond acceptors (Lipinski definition) is 6. The number of aromatic nitrogens is 1. The Morgan fingerprint density at radius 3 is 2.56 bits per heavy atom. The number of nitrogens with one attached hydrogen (secondary N) is 2. The van der Waals surface area contributed by atoms with Gasteiger partial charge in [-0.2, -0.15) is 5.26 Å². The van der Waals surface area contributed by atoms with Crippen LogP contribution >= 0.6 is 0 Å². The molecule has 0 saturated carbocycles. The van der Waals surface area contributed by atoms with E-state index in [-0.39, 0.29) is 22.5 Å². The predicted molar refractivity (Wildman–Crippen MR) is 149 cm³/mol. The van der Waals surface area contributed by atoms with Crippen LogP contribution in [-0.4, -0.2) is 68.2 Å². The number of amides is 2. The third kappa shape index (κ3) is 5.11. The first-order chi connectivity index (χ1) is 18.6. The lowest BCUT2D eigenvalue weighted by atomic mass is 10.0. The second kappa shape index (κ2) is 10.2. The number of fused-ring (bicyclic) bond motifs is 1. The van der Waals surface area contributed by atoms with Gasteiger partial charge < -0.3 is 20.1 Å². The summed E-state index contributed by atoms with van der Waals surface area (Å²) in [7, 11) is -1.72. The Balaban J connectivity index is 1.47. The zero-order valence-electron chi connectivity index (χ0n) is 22.0. The molecule has 0 spiro atoms. The highest BCUT2D eigenvalue weighted by Crippen LogP contribution is 2.36. The molecule has 5 rings (SSSR count). The maximum absolute atomic E-state index is 13.3. The number of sulfone groups is 1. The average Bonchev–Trinajstić information content (AvgIpc) is 3.37. The summed E-state index contributed by atoms with van der Waals surface area (Å²) in [5.41, 5.74) is 4.90. The fourth-order valence-electron chi connectivity index (χ4n) is 5.09. The molecule has 0 bridgehead atoms. The monoisotopic (exact) mass is 543 g/mol. The maximum atomic E-state index is 13.3. The zero-order valence-corrected chi connectivity index (χ0v) is 22.9. The van der Waals surface area contributed by atoms with Crippen molar-refractivity contribution in [2.45, 2.75) is 24.5 Å². The minimum atomic E-state index is -3.75. The first-order valence-electron chi connectivity index (χ1n) is 12.6. The Labute approximate surface area is 227 Å². The van der Waals surface area contributed by atoms with Crippen LogP contribution in [0.15, 0.2) is 47.4 Å². The number of benzene rings is 2. The SMILES string of the molecule is Cc1[nH]c(/C=C2\C(=O)Nc3ccc(S(=O)(=O)Cc4cccc(C#N)c4)cc32)c(C)c1C(=O)N1CCN(C)CC1. The molecular formula is C29H29N5O4S. The molecule has 3 heterocycles. The molecule has 1 saturated heterocycles. The van der Waals surface area contributed by atoms with Gasteiger partial charge in [-0.25, -0.2) is 8.42 Å². The van der Waals surface area contributed by atoms with Gasteiger partial charge in [0.2, 0.25) is 0 Å². The lowest BCUT2D eigenvalue weighted by Crippen LogP contribution is -2.47. The molecule has 0 unspecified atom stereocenters. The highest BCUT2D eigenvalue weighted by molar-refractivity contribution is 7.90. The molecule has 2 amide bonds. The Bertz CT molecular complexity index is 1670. The number of hydrogen-bond donors (Lipinski definition) is 2. The van der Waals surface area contributed by atoms with Crippen LogP contribution in [0, 0.1) is 25.2 Å². The number of aryl methyl sites for hydroxylation is 1. The van der Waals surface area contributed by atoms with Crippen molar-refractivity contribution in [1.29, 1.82) is 5.26 Å². The second-order valence-electron chi connectivity index (χ2n) is 10.0. The van der Waals surface area contributed by atoms with Crippen molar-refractivity contribution in [3.8, 4) is 6.07 Å². The molecule has 2 aliphatic rings. The van der Waals surface area contributed by atoms with Gasteiger partial charge in [0.05, 0.1) is 33.4 Å². The molecule has 200 valence electrons. The highest BCUT2D eigenvalue weighted by atomic mass is 32.2. The third-order valence-corrected chi connectivity index (χ3v) is 9.00. The van der Waals surface area contributed by atoms with Crippen LogP contribution in [-0.2, 0) is 20.4 Å². The van der Waals surface area contributed by atoms with E-state index in [0.29, 0.717) is 52.3 Å². The fourth-order valence-corrected chi connectivity index (χ4v) is 6.45. The van der Waals surface area contributed by atoms with E-state index in [1.54, 1.807) is 36.4 Å². The lowest BCUT2D eigenvalue weighted by molar-refractivity contribution is -0.110. The zero-order chi connectivity index (χ0) is 27.9. The average molecular weight is 544 g/mol. The maximum Gasteiger partial charge on any atom is 0.256 e. The van der Waals surface area contributed by atoms with Gasteiger partial charge in [-0.1, -0.05) is 12.1 Å². The molecule has 2 N–H and O–H groups in total. The van der Waals surface area contributed by atoms with Crippen LogP contribution in [0.4, 0.5) is 5.69 Å². The number of carbonyl (C=O) groups is 2. The summed E-state index contributed by atoms with van der Waals surface area (Å²) in [5.74, 6) is -0.655. The summed E-state index contributed by atoms with van der Waals surface area (Å²) in [4.78, 5) is 33.6. The van der Waals surface area contributed by atoms with Crippen molar-refractivity contribution in [3.05, 3.63) is 81.7 Å². The number of carbonyl (C=O) groups excluding carboxylic acids is 2. The molecule has 0 radical (unpaired) electrons. The number of aromatic amines is 1. The van der Waals surface area contributed by atoms with Crippen LogP contribution in [0.2, 0.25) is 0 Å². The summed E-state index contributed by atoms with van der Waals surface area (Å²) in [5, 5.41) is 11.9. The van der Waals surface area contributed by atoms with Crippen LogP contribution < -0.4 is 5.32 Å². The Kier molecular flexibility index (Phi) is 6.89. The van der Waals surface area contributed by atoms with Gasteiger partial charge in [0, 0.05) is 48.8 Å². The van der Waals surface area contributed by atoms with Crippen LogP contribution in [0.5, 0.6) is 0 Å². The molecule has 2 aliphatic heterocycles. The van der Waals surface area contributed by atoms with Crippen LogP contribution in [0.25, 0.3) is 11.6 Å². The number of anilines is 1. The third-order valence-electron chi connectivity index (χ3n) is 7.32. The summed E-state index contributed by atoms with van der Waals surface area (Å²) in [6, 6.07) is 13.1. The first kappa shape index (κ1) is 26.4. The Hall–Kier alpha value is -4.20. The van der Waals surface area contributed by atoms with E-state index in [0.717, 1.165) is 24.3 Å². The molecule has 3 aromatic rings. The summed E-state index contributed by atoms with van der Waals surface area (Å²) >= 11 is 0. The lowest BCUT2D eigenvalue weighted by Gasteiger charge is -2.32. The normalized spacial score (nSPS) is 16.7. The van der Waals surface area contributed by atoms with Gasteiger partial charge in [-0.3, -0.25) is 9.59 Å². The number of piperazine rings is 1. The van der Waals surface area contributed by atoms with E-state index in [2.05, 4.69) is 15.2 Å². The summed E-state index contributed by atoms with van der Waals surface area (Å²) < 4.78 is 26.5. The van der Waals surface area contributed by atoms with Crippen molar-refractivity contribution in [2.75, 3.05) is 38.5 Å². The molecule has 1 fully saturated rings. The minimum Gasteiger partial charge on any atom is -0.358 e. The van der Waals surface area contributed by atoms with E-state index in [1.165, 1.54) is 12.1 Å². The van der Waals surface area contributed by atoms with Gasteiger partial charge >= 0.3 is 0 Å². The number of likely N-dealkylation sites (N-methyl/N-ethyl adjacent to an activating group) is 1. The second-order valence-corrected chi connectivity index (χ2v) is 12.0. The number of H-pyrrole nitrogens is 1. The van der Waals surface area contributed by atoms with Gasteiger partial charge in [0.1, 0.15) is 0 Å². The number of nitriles is 1. The molecule has 1 aromatic heterocycles. The molecule has 10 heteroatoms. The quantitative estimate of drug-likeness (QED) is 0.475. The van der Waals surface area contributed by atoms with Crippen LogP contribution in [0.3, 0.4) is 0 Å². The van der Waals surface area contributed by atoms with Gasteiger partial charge in [0.15, 0.2) is 9.84 Å². The van der Waals surface area contributed by atoms with Gasteiger partial charge in [-0.05, 0) is 68.4 Å². The summed E-state index contributed by atoms with van der Waals surface area (Å²) in [6.07, 6.45) is 1.68. The Morgan fingerprint density at radius 2 is 1.85 bits per heavy atom. The van der Waals surface area contributed by atoms with Crippen molar-refractivity contribution < 1.29 is 18.0 Å².